The molecule has 0 unspecified atom stereocenters. The third-order valence-corrected chi connectivity index (χ3v) is 5.57. The molecule has 2 heterocycles. The summed E-state index contributed by atoms with van der Waals surface area (Å²) in [5.74, 6) is 0.131. The van der Waals surface area contributed by atoms with Crippen LogP contribution in [0.4, 0.5) is 15.9 Å². The van der Waals surface area contributed by atoms with Gasteiger partial charge in [-0.05, 0) is 42.7 Å². The van der Waals surface area contributed by atoms with E-state index in [0.29, 0.717) is 5.82 Å². The molecular formula is C22H19FN4OS. The van der Waals surface area contributed by atoms with Crippen molar-refractivity contribution in [2.75, 3.05) is 17.2 Å². The van der Waals surface area contributed by atoms with Gasteiger partial charge in [-0.15, -0.1) is 11.3 Å². The summed E-state index contributed by atoms with van der Waals surface area (Å²) in [6.45, 7) is 3.99. The van der Waals surface area contributed by atoms with Gasteiger partial charge in [0.05, 0.1) is 11.9 Å². The minimum absolute atomic E-state index is 0.0680. The quantitative estimate of drug-likeness (QED) is 0.480. The Morgan fingerprint density at radius 2 is 1.79 bits per heavy atom. The number of benzene rings is 2. The molecule has 0 fully saturated rings. The van der Waals surface area contributed by atoms with E-state index in [1.807, 2.05) is 37.4 Å². The summed E-state index contributed by atoms with van der Waals surface area (Å²) in [5.41, 5.74) is 4.63. The smallest absolute Gasteiger partial charge is 0.243 e. The van der Waals surface area contributed by atoms with E-state index in [4.69, 9.17) is 0 Å². The van der Waals surface area contributed by atoms with Gasteiger partial charge in [0.25, 0.3) is 0 Å². The molecule has 1 amide bonds. The van der Waals surface area contributed by atoms with Gasteiger partial charge in [0.2, 0.25) is 5.91 Å². The van der Waals surface area contributed by atoms with Crippen LogP contribution in [0, 0.1) is 19.7 Å². The molecule has 0 aliphatic rings. The monoisotopic (exact) mass is 406 g/mol. The first-order valence-corrected chi connectivity index (χ1v) is 9.99. The summed E-state index contributed by atoms with van der Waals surface area (Å²) in [4.78, 5) is 21.9. The van der Waals surface area contributed by atoms with Crippen LogP contribution in [0.2, 0.25) is 0 Å². The number of hydrogen-bond donors (Lipinski definition) is 2. The molecule has 0 atom stereocenters. The lowest BCUT2D eigenvalue weighted by molar-refractivity contribution is -0.114. The number of aryl methyl sites for hydroxylation is 2. The van der Waals surface area contributed by atoms with E-state index in [9.17, 15) is 9.18 Å². The number of hydrogen-bond acceptors (Lipinski definition) is 5. The highest BCUT2D eigenvalue weighted by molar-refractivity contribution is 7.17. The molecule has 0 spiro atoms. The zero-order valence-corrected chi connectivity index (χ0v) is 16.8. The molecule has 5 nitrogen and oxygen atoms in total. The van der Waals surface area contributed by atoms with Gasteiger partial charge in [-0.25, -0.2) is 14.4 Å². The number of para-hydroxylation sites is 1. The number of thiophene rings is 1. The van der Waals surface area contributed by atoms with Gasteiger partial charge in [-0.3, -0.25) is 4.79 Å². The maximum atomic E-state index is 13.3. The number of halogens is 1. The normalized spacial score (nSPS) is 10.9. The number of aromatic nitrogens is 2. The van der Waals surface area contributed by atoms with Gasteiger partial charge in [0.15, 0.2) is 0 Å². The summed E-state index contributed by atoms with van der Waals surface area (Å²) >= 11 is 1.48. The number of carbonyl (C=O) groups excluding carboxylic acids is 1. The van der Waals surface area contributed by atoms with E-state index < -0.39 is 0 Å². The predicted molar refractivity (Wildman–Crippen MR) is 116 cm³/mol. The molecule has 146 valence electrons. The van der Waals surface area contributed by atoms with E-state index >= 15 is 0 Å². The van der Waals surface area contributed by atoms with Crippen LogP contribution in [-0.2, 0) is 4.79 Å². The highest BCUT2D eigenvalue weighted by atomic mass is 32.1. The molecule has 2 aromatic heterocycles. The molecule has 0 aliphatic heterocycles. The largest absolute Gasteiger partial charge is 0.360 e. The summed E-state index contributed by atoms with van der Waals surface area (Å²) in [6, 6.07) is 12.2. The molecule has 4 rings (SSSR count). The molecular weight excluding hydrogens is 387 g/mol. The number of nitrogens with one attached hydrogen (secondary N) is 2. The number of carbonyl (C=O) groups is 1. The summed E-state index contributed by atoms with van der Waals surface area (Å²) < 4.78 is 13.3. The van der Waals surface area contributed by atoms with E-state index in [0.717, 1.165) is 38.2 Å². The average Bonchev–Trinajstić information content (AvgIpc) is 3.15. The number of anilines is 2. The van der Waals surface area contributed by atoms with Gasteiger partial charge >= 0.3 is 0 Å². The summed E-state index contributed by atoms with van der Waals surface area (Å²) in [5, 5.41) is 8.87. The first-order valence-electron chi connectivity index (χ1n) is 9.11. The van der Waals surface area contributed by atoms with Crippen molar-refractivity contribution in [3.05, 3.63) is 71.1 Å². The third kappa shape index (κ3) is 3.95. The minimum atomic E-state index is -0.286. The van der Waals surface area contributed by atoms with Crippen molar-refractivity contribution in [2.24, 2.45) is 0 Å². The molecule has 2 aromatic carbocycles. The molecule has 0 aliphatic carbocycles. The van der Waals surface area contributed by atoms with Crippen LogP contribution in [0.3, 0.4) is 0 Å². The van der Waals surface area contributed by atoms with Gasteiger partial charge in [0, 0.05) is 16.6 Å². The molecule has 0 saturated heterocycles. The first-order chi connectivity index (χ1) is 14.0. The van der Waals surface area contributed by atoms with Gasteiger partial charge < -0.3 is 10.6 Å². The van der Waals surface area contributed by atoms with E-state index in [1.165, 1.54) is 29.8 Å². The maximum Gasteiger partial charge on any atom is 0.243 e. The average molecular weight is 406 g/mol. The lowest BCUT2D eigenvalue weighted by Gasteiger charge is -2.12. The Kier molecular flexibility index (Phi) is 5.22. The number of nitrogens with zero attached hydrogens (tertiary/aromatic N) is 2. The van der Waals surface area contributed by atoms with Crippen molar-refractivity contribution in [3.8, 4) is 11.1 Å². The van der Waals surface area contributed by atoms with Crippen LogP contribution < -0.4 is 10.6 Å². The van der Waals surface area contributed by atoms with Crippen molar-refractivity contribution in [1.82, 2.24) is 9.97 Å². The van der Waals surface area contributed by atoms with Crippen LogP contribution in [0.1, 0.15) is 11.1 Å². The fourth-order valence-corrected chi connectivity index (χ4v) is 4.13. The van der Waals surface area contributed by atoms with Crippen LogP contribution in [0.5, 0.6) is 0 Å². The first kappa shape index (κ1) is 19.0. The molecule has 0 saturated carbocycles. The number of amides is 1. The Hall–Kier alpha value is -3.32. The third-order valence-electron chi connectivity index (χ3n) is 4.69. The summed E-state index contributed by atoms with van der Waals surface area (Å²) in [6.07, 6.45) is 1.47. The van der Waals surface area contributed by atoms with Crippen molar-refractivity contribution in [1.29, 1.82) is 0 Å². The second-order valence-corrected chi connectivity index (χ2v) is 7.59. The van der Waals surface area contributed by atoms with Crippen LogP contribution in [-0.4, -0.2) is 22.4 Å². The number of fused-ring (bicyclic) bond motifs is 1. The Balaban J connectivity index is 1.57. The zero-order chi connectivity index (χ0) is 20.4. The SMILES string of the molecule is Cc1cccc(C)c1NC(=O)CNc1ncnc2scc(-c3ccc(F)cc3)c12. The Morgan fingerprint density at radius 1 is 1.07 bits per heavy atom. The van der Waals surface area contributed by atoms with Gasteiger partial charge in [0.1, 0.15) is 22.8 Å². The van der Waals surface area contributed by atoms with Crippen LogP contribution >= 0.6 is 11.3 Å². The zero-order valence-electron chi connectivity index (χ0n) is 16.0. The second kappa shape index (κ2) is 7.97. The maximum absolute atomic E-state index is 13.3. The predicted octanol–water partition coefficient (Wildman–Crippen LogP) is 5.16. The summed E-state index contributed by atoms with van der Waals surface area (Å²) in [7, 11) is 0. The Labute approximate surface area is 171 Å². The minimum Gasteiger partial charge on any atom is -0.360 e. The topological polar surface area (TPSA) is 66.9 Å². The second-order valence-electron chi connectivity index (χ2n) is 6.73. The van der Waals surface area contributed by atoms with Gasteiger partial charge in [-0.2, -0.15) is 0 Å². The van der Waals surface area contributed by atoms with Gasteiger partial charge in [-0.1, -0.05) is 30.3 Å². The van der Waals surface area contributed by atoms with Crippen LogP contribution in [0.25, 0.3) is 21.3 Å². The molecule has 0 radical (unpaired) electrons. The van der Waals surface area contributed by atoms with E-state index in [1.54, 1.807) is 12.1 Å². The Bertz CT molecular complexity index is 1170. The van der Waals surface area contributed by atoms with E-state index in [2.05, 4.69) is 20.6 Å². The molecule has 0 bridgehead atoms. The van der Waals surface area contributed by atoms with Crippen LogP contribution in [0.15, 0.2) is 54.2 Å². The van der Waals surface area contributed by atoms with E-state index in [-0.39, 0.29) is 18.3 Å². The Morgan fingerprint density at radius 3 is 2.52 bits per heavy atom. The molecule has 2 N–H and O–H groups in total. The fraction of sp³-hybridized carbons (Fsp3) is 0.136. The molecule has 29 heavy (non-hydrogen) atoms. The van der Waals surface area contributed by atoms with Crippen molar-refractivity contribution < 1.29 is 9.18 Å². The van der Waals surface area contributed by atoms with Crippen molar-refractivity contribution >= 4 is 39.0 Å². The highest BCUT2D eigenvalue weighted by Gasteiger charge is 2.14. The van der Waals surface area contributed by atoms with Crippen molar-refractivity contribution in [3.63, 3.8) is 0 Å². The lowest BCUT2D eigenvalue weighted by atomic mass is 10.1. The fourth-order valence-electron chi connectivity index (χ4n) is 3.21. The standard InChI is InChI=1S/C22H19FN4OS/c1-13-4-3-5-14(2)20(13)27-18(28)10-24-21-19-17(11-29-22(19)26-12-25-21)15-6-8-16(23)9-7-15/h3-9,11-12H,10H2,1-2H3,(H,27,28)(H,24,25,26). The molecule has 4 aromatic rings. The van der Waals surface area contributed by atoms with Crippen molar-refractivity contribution in [2.45, 2.75) is 13.8 Å². The highest BCUT2D eigenvalue weighted by Crippen LogP contribution is 2.36. The number of rotatable bonds is 5. The molecule has 7 heteroatoms. The lowest BCUT2D eigenvalue weighted by Crippen LogP contribution is -2.23.